The molecule has 5 aliphatic rings. The number of fused-ring (bicyclic) bond motifs is 4. The minimum Gasteiger partial charge on any atom is -0.374 e. The van der Waals surface area contributed by atoms with Crippen LogP contribution in [0.1, 0.15) is 64.7 Å². The summed E-state index contributed by atoms with van der Waals surface area (Å²) in [5.74, 6) is 4.99. The fraction of sp³-hybridized carbons (Fsp3) is 0.905. The predicted molar refractivity (Wildman–Crippen MR) is 90.4 cm³/mol. The second-order valence-corrected chi connectivity index (χ2v) is 9.50. The third kappa shape index (κ3) is 2.00. The van der Waals surface area contributed by atoms with Crippen molar-refractivity contribution in [1.82, 2.24) is 0 Å². The van der Waals surface area contributed by atoms with Gasteiger partial charge in [0, 0.05) is 18.8 Å². The summed E-state index contributed by atoms with van der Waals surface area (Å²) >= 11 is 0. The lowest BCUT2D eigenvalue weighted by atomic mass is 9.56. The number of rotatable bonds is 3. The Labute approximate surface area is 144 Å². The monoisotopic (exact) mass is 330 g/mol. The molecule has 1 heterocycles. The summed E-state index contributed by atoms with van der Waals surface area (Å²) in [7, 11) is 0. The highest BCUT2D eigenvalue weighted by Crippen LogP contribution is 2.68. The molecule has 4 aliphatic carbocycles. The predicted octanol–water partition coefficient (Wildman–Crippen LogP) is 3.79. The molecule has 0 aromatic carbocycles. The molecular formula is C21H30O3. The number of carbonyl (C=O) groups excluding carboxylic acids is 2. The van der Waals surface area contributed by atoms with Crippen LogP contribution in [-0.2, 0) is 14.3 Å². The summed E-state index contributed by atoms with van der Waals surface area (Å²) in [6.45, 7) is 2.53. The highest BCUT2D eigenvalue weighted by molar-refractivity contribution is 5.85. The maximum atomic E-state index is 13.0. The molecular weight excluding hydrogens is 300 g/mol. The van der Waals surface area contributed by atoms with Crippen LogP contribution in [0.15, 0.2) is 0 Å². The first-order valence-electron chi connectivity index (χ1n) is 10.3. The number of ketones is 2. The van der Waals surface area contributed by atoms with Crippen LogP contribution in [0.25, 0.3) is 0 Å². The van der Waals surface area contributed by atoms with Crippen molar-refractivity contribution in [3.63, 3.8) is 0 Å². The second-order valence-electron chi connectivity index (χ2n) is 9.50. The number of hydrogen-bond acceptors (Lipinski definition) is 3. The first-order valence-corrected chi connectivity index (χ1v) is 10.3. The zero-order chi connectivity index (χ0) is 16.5. The molecule has 3 nitrogen and oxygen atoms in total. The van der Waals surface area contributed by atoms with E-state index in [0.29, 0.717) is 30.0 Å². The lowest BCUT2D eigenvalue weighted by molar-refractivity contribution is -0.142. The van der Waals surface area contributed by atoms with E-state index < -0.39 is 0 Å². The van der Waals surface area contributed by atoms with Crippen molar-refractivity contribution in [2.45, 2.75) is 70.3 Å². The molecule has 0 amide bonds. The van der Waals surface area contributed by atoms with Crippen molar-refractivity contribution < 1.29 is 14.3 Å². The van der Waals surface area contributed by atoms with Crippen molar-refractivity contribution in [3.8, 4) is 0 Å². The van der Waals surface area contributed by atoms with Gasteiger partial charge in [0.05, 0.1) is 12.2 Å². The average molecular weight is 330 g/mol. The van der Waals surface area contributed by atoms with Gasteiger partial charge in [-0.25, -0.2) is 0 Å². The Hall–Kier alpha value is -0.700. The SMILES string of the molecule is CC(=O)CC[C@@H]1C(=O)C[C@H]2C[C@@]13OC[C@@H]1C[C@@H]4CCCC[C@H]4[C@H]2[C@@H]13. The van der Waals surface area contributed by atoms with Gasteiger partial charge in [0.1, 0.15) is 11.6 Å². The molecule has 0 aromatic heterocycles. The van der Waals surface area contributed by atoms with E-state index in [4.69, 9.17) is 4.74 Å². The van der Waals surface area contributed by atoms with Gasteiger partial charge in [-0.3, -0.25) is 4.79 Å². The summed E-state index contributed by atoms with van der Waals surface area (Å²) in [6, 6.07) is 0. The zero-order valence-electron chi connectivity index (χ0n) is 14.8. The van der Waals surface area contributed by atoms with Crippen LogP contribution in [0.4, 0.5) is 0 Å². The number of Topliss-reactive ketones (excluding diaryl/α,β-unsaturated/α-hetero) is 2. The molecule has 1 spiro atoms. The fourth-order valence-corrected chi connectivity index (χ4v) is 7.90. The Balaban J connectivity index is 1.50. The van der Waals surface area contributed by atoms with E-state index >= 15 is 0 Å². The summed E-state index contributed by atoms with van der Waals surface area (Å²) < 4.78 is 6.54. The van der Waals surface area contributed by atoms with Gasteiger partial charge in [0.25, 0.3) is 0 Å². The van der Waals surface area contributed by atoms with Crippen LogP contribution in [0.5, 0.6) is 0 Å². The minimum atomic E-state index is -0.187. The molecule has 0 N–H and O–H groups in total. The van der Waals surface area contributed by atoms with E-state index in [1.54, 1.807) is 6.92 Å². The smallest absolute Gasteiger partial charge is 0.139 e. The van der Waals surface area contributed by atoms with Gasteiger partial charge in [0.2, 0.25) is 0 Å². The van der Waals surface area contributed by atoms with Crippen LogP contribution in [0.2, 0.25) is 0 Å². The van der Waals surface area contributed by atoms with E-state index in [9.17, 15) is 9.59 Å². The van der Waals surface area contributed by atoms with Crippen molar-refractivity contribution in [2.75, 3.05) is 6.61 Å². The molecule has 0 radical (unpaired) electrons. The van der Waals surface area contributed by atoms with Crippen molar-refractivity contribution >= 4 is 11.6 Å². The second kappa shape index (κ2) is 5.40. The number of ether oxygens (including phenoxy) is 1. The van der Waals surface area contributed by atoms with Crippen LogP contribution < -0.4 is 0 Å². The zero-order valence-corrected chi connectivity index (χ0v) is 14.8. The molecule has 4 saturated carbocycles. The summed E-state index contributed by atoms with van der Waals surface area (Å²) in [5.41, 5.74) is -0.187. The van der Waals surface area contributed by atoms with Crippen molar-refractivity contribution in [3.05, 3.63) is 0 Å². The van der Waals surface area contributed by atoms with Crippen LogP contribution in [-0.4, -0.2) is 23.8 Å². The van der Waals surface area contributed by atoms with E-state index in [2.05, 4.69) is 0 Å². The molecule has 5 fully saturated rings. The minimum absolute atomic E-state index is 0.00205. The van der Waals surface area contributed by atoms with Gasteiger partial charge in [-0.2, -0.15) is 0 Å². The largest absolute Gasteiger partial charge is 0.374 e. The Kier molecular flexibility index (Phi) is 3.50. The van der Waals surface area contributed by atoms with Gasteiger partial charge in [-0.15, -0.1) is 0 Å². The quantitative estimate of drug-likeness (QED) is 0.791. The standard InChI is InChI=1S/C21H30O3/c1-12(22)6-7-17-18(23)9-14-10-21(17)20-15(11-24-21)8-13-4-2-3-5-16(13)19(14)20/h13-17,19-20H,2-11H2,1H3/t13-,14-,15-,16+,17+,19-,20+,21+/m0/s1. The molecule has 1 aliphatic heterocycles. The highest BCUT2D eigenvalue weighted by Gasteiger charge is 2.70. The van der Waals surface area contributed by atoms with E-state index in [0.717, 1.165) is 43.6 Å². The molecule has 132 valence electrons. The van der Waals surface area contributed by atoms with E-state index in [1.807, 2.05) is 0 Å². The molecule has 1 saturated heterocycles. The van der Waals surface area contributed by atoms with Crippen molar-refractivity contribution in [1.29, 1.82) is 0 Å². The number of hydrogen-bond donors (Lipinski definition) is 0. The van der Waals surface area contributed by atoms with Crippen LogP contribution >= 0.6 is 0 Å². The summed E-state index contributed by atoms with van der Waals surface area (Å²) in [5, 5.41) is 0. The Morgan fingerprint density at radius 1 is 1.21 bits per heavy atom. The fourth-order valence-electron chi connectivity index (χ4n) is 7.90. The average Bonchev–Trinajstić information content (AvgIpc) is 3.03. The maximum absolute atomic E-state index is 13.0. The Morgan fingerprint density at radius 3 is 2.88 bits per heavy atom. The van der Waals surface area contributed by atoms with Gasteiger partial charge < -0.3 is 9.53 Å². The van der Waals surface area contributed by atoms with E-state index in [1.165, 1.54) is 32.1 Å². The first-order chi connectivity index (χ1) is 11.6. The van der Waals surface area contributed by atoms with Crippen LogP contribution in [0, 0.1) is 41.4 Å². The maximum Gasteiger partial charge on any atom is 0.139 e. The van der Waals surface area contributed by atoms with Crippen molar-refractivity contribution in [2.24, 2.45) is 41.4 Å². The topological polar surface area (TPSA) is 43.4 Å². The lowest BCUT2D eigenvalue weighted by Crippen LogP contribution is -2.49. The molecule has 8 atom stereocenters. The third-order valence-electron chi connectivity index (χ3n) is 8.47. The molecule has 2 bridgehead atoms. The van der Waals surface area contributed by atoms with Gasteiger partial charge in [-0.1, -0.05) is 19.3 Å². The summed E-state index contributed by atoms with van der Waals surface area (Å²) in [4.78, 5) is 24.5. The van der Waals surface area contributed by atoms with Crippen LogP contribution in [0.3, 0.4) is 0 Å². The van der Waals surface area contributed by atoms with Gasteiger partial charge in [0.15, 0.2) is 0 Å². The number of carbonyl (C=O) groups is 2. The normalized spacial score (nSPS) is 52.0. The molecule has 5 rings (SSSR count). The van der Waals surface area contributed by atoms with E-state index in [-0.39, 0.29) is 17.3 Å². The molecule has 0 aromatic rings. The highest BCUT2D eigenvalue weighted by atomic mass is 16.5. The summed E-state index contributed by atoms with van der Waals surface area (Å²) in [6.07, 6.45) is 10.1. The molecule has 0 unspecified atom stereocenters. The van der Waals surface area contributed by atoms with Gasteiger partial charge >= 0.3 is 0 Å². The Bertz CT molecular complexity index is 569. The first kappa shape index (κ1) is 15.5. The van der Waals surface area contributed by atoms with Gasteiger partial charge in [-0.05, 0) is 68.1 Å². The molecule has 24 heavy (non-hydrogen) atoms. The third-order valence-corrected chi connectivity index (χ3v) is 8.47. The Morgan fingerprint density at radius 2 is 2.04 bits per heavy atom. The lowest BCUT2D eigenvalue weighted by Gasteiger charge is -2.47. The molecule has 3 heteroatoms.